The molecule has 0 radical (unpaired) electrons. The van der Waals surface area contributed by atoms with Gasteiger partial charge in [0, 0.05) is 42.4 Å². The van der Waals surface area contributed by atoms with E-state index in [1.54, 1.807) is 0 Å². The van der Waals surface area contributed by atoms with Crippen molar-refractivity contribution in [3.63, 3.8) is 0 Å². The molecule has 9 heteroatoms. The zero-order valence-corrected chi connectivity index (χ0v) is 14.7. The Hall–Kier alpha value is -3.10. The van der Waals surface area contributed by atoms with E-state index in [1.165, 1.54) is 36.4 Å². The largest absolute Gasteiger partial charge is 0.427 e. The van der Waals surface area contributed by atoms with E-state index < -0.39 is 28.8 Å². The van der Waals surface area contributed by atoms with Crippen LogP contribution in [0.1, 0.15) is 23.2 Å². The molecule has 0 amide bonds. The summed E-state index contributed by atoms with van der Waals surface area (Å²) in [6, 6.07) is 9.20. The fraction of sp³-hybridized carbons (Fsp3) is 0.316. The van der Waals surface area contributed by atoms with Gasteiger partial charge in [-0.25, -0.2) is 4.39 Å². The number of hydrogen-bond acceptors (Lipinski definition) is 5. The van der Waals surface area contributed by atoms with E-state index in [4.69, 9.17) is 0 Å². The van der Waals surface area contributed by atoms with Crippen LogP contribution < -0.4 is 9.64 Å². The molecule has 0 N–H and O–H groups in total. The SMILES string of the molecule is O=C(c1ccc(F)cc1)C1CCN(c2ccc([N+](=O)[O-])c(OC(F)F)c2)CC1. The minimum atomic E-state index is -3.17. The fourth-order valence-electron chi connectivity index (χ4n) is 3.29. The second kappa shape index (κ2) is 8.28. The molecule has 1 aliphatic rings. The summed E-state index contributed by atoms with van der Waals surface area (Å²) in [5.41, 5.74) is 0.419. The van der Waals surface area contributed by atoms with Gasteiger partial charge in [-0.15, -0.1) is 0 Å². The lowest BCUT2D eigenvalue weighted by atomic mass is 9.88. The van der Waals surface area contributed by atoms with Crippen LogP contribution in [0, 0.1) is 21.8 Å². The number of anilines is 1. The first-order valence-electron chi connectivity index (χ1n) is 8.63. The van der Waals surface area contributed by atoms with Gasteiger partial charge in [-0.3, -0.25) is 14.9 Å². The number of benzene rings is 2. The maximum Gasteiger partial charge on any atom is 0.387 e. The molecule has 2 aromatic carbocycles. The summed E-state index contributed by atoms with van der Waals surface area (Å²) in [4.78, 5) is 24.6. The van der Waals surface area contributed by atoms with Gasteiger partial charge in [-0.2, -0.15) is 8.78 Å². The summed E-state index contributed by atoms with van der Waals surface area (Å²) >= 11 is 0. The number of rotatable bonds is 6. The number of piperidine rings is 1. The lowest BCUT2D eigenvalue weighted by molar-refractivity contribution is -0.386. The maximum atomic E-state index is 13.0. The lowest BCUT2D eigenvalue weighted by Crippen LogP contribution is -2.36. The molecule has 3 rings (SSSR count). The molecular formula is C19H17F3N2O4. The molecule has 0 saturated carbocycles. The molecule has 148 valence electrons. The van der Waals surface area contributed by atoms with Crippen molar-refractivity contribution < 1.29 is 27.6 Å². The smallest absolute Gasteiger partial charge is 0.387 e. The quantitative estimate of drug-likeness (QED) is 0.412. The average molecular weight is 394 g/mol. The van der Waals surface area contributed by atoms with Crippen LogP contribution in [0.3, 0.4) is 0 Å². The van der Waals surface area contributed by atoms with E-state index in [-0.39, 0.29) is 11.7 Å². The first-order chi connectivity index (χ1) is 13.3. The van der Waals surface area contributed by atoms with Gasteiger partial charge in [-0.05, 0) is 43.2 Å². The topological polar surface area (TPSA) is 72.7 Å². The van der Waals surface area contributed by atoms with E-state index in [1.807, 2.05) is 4.90 Å². The highest BCUT2D eigenvalue weighted by Gasteiger charge is 2.27. The molecule has 1 heterocycles. The van der Waals surface area contributed by atoms with Gasteiger partial charge in [-0.1, -0.05) is 0 Å². The van der Waals surface area contributed by atoms with Gasteiger partial charge < -0.3 is 9.64 Å². The van der Waals surface area contributed by atoms with Crippen LogP contribution in [0.4, 0.5) is 24.5 Å². The van der Waals surface area contributed by atoms with Crippen molar-refractivity contribution in [2.75, 3.05) is 18.0 Å². The summed E-state index contributed by atoms with van der Waals surface area (Å²) in [7, 11) is 0. The Morgan fingerprint density at radius 3 is 2.36 bits per heavy atom. The Bertz CT molecular complexity index is 866. The van der Waals surface area contributed by atoms with E-state index in [2.05, 4.69) is 4.74 Å². The minimum absolute atomic E-state index is 0.0647. The molecule has 1 aliphatic heterocycles. The summed E-state index contributed by atoms with van der Waals surface area (Å²) in [6.45, 7) is -2.22. The summed E-state index contributed by atoms with van der Waals surface area (Å²) in [5.74, 6) is -1.20. The number of nitrogens with zero attached hydrogens (tertiary/aromatic N) is 2. The molecule has 2 aromatic rings. The van der Waals surface area contributed by atoms with Gasteiger partial charge >= 0.3 is 12.3 Å². The first-order valence-corrected chi connectivity index (χ1v) is 8.63. The Morgan fingerprint density at radius 1 is 1.14 bits per heavy atom. The maximum absolute atomic E-state index is 13.0. The van der Waals surface area contributed by atoms with Crippen molar-refractivity contribution in [1.82, 2.24) is 0 Å². The number of alkyl halides is 2. The Kier molecular flexibility index (Phi) is 5.81. The van der Waals surface area contributed by atoms with Gasteiger partial charge in [0.05, 0.1) is 4.92 Å². The third kappa shape index (κ3) is 4.41. The van der Waals surface area contributed by atoms with Crippen molar-refractivity contribution in [2.24, 2.45) is 5.92 Å². The van der Waals surface area contributed by atoms with Crippen LogP contribution in [0.5, 0.6) is 5.75 Å². The van der Waals surface area contributed by atoms with Crippen molar-refractivity contribution in [2.45, 2.75) is 19.5 Å². The van der Waals surface area contributed by atoms with Crippen molar-refractivity contribution in [3.05, 3.63) is 64.0 Å². The third-order valence-electron chi connectivity index (χ3n) is 4.72. The van der Waals surface area contributed by atoms with Gasteiger partial charge in [0.1, 0.15) is 5.82 Å². The molecule has 0 spiro atoms. The molecule has 0 atom stereocenters. The highest BCUT2D eigenvalue weighted by atomic mass is 19.3. The number of ketones is 1. The Balaban J connectivity index is 1.69. The number of hydrogen-bond donors (Lipinski definition) is 0. The molecule has 1 saturated heterocycles. The number of carbonyl (C=O) groups is 1. The van der Waals surface area contributed by atoms with Gasteiger partial charge in [0.15, 0.2) is 5.78 Å². The lowest BCUT2D eigenvalue weighted by Gasteiger charge is -2.33. The predicted octanol–water partition coefficient (Wildman–Crippen LogP) is 4.43. The molecule has 28 heavy (non-hydrogen) atoms. The Labute approximate surface area is 158 Å². The third-order valence-corrected chi connectivity index (χ3v) is 4.72. The van der Waals surface area contributed by atoms with E-state index in [0.717, 1.165) is 6.07 Å². The van der Waals surface area contributed by atoms with Gasteiger partial charge in [0.2, 0.25) is 5.75 Å². The zero-order valence-electron chi connectivity index (χ0n) is 14.7. The van der Waals surface area contributed by atoms with Gasteiger partial charge in [0.25, 0.3) is 0 Å². The number of ether oxygens (including phenoxy) is 1. The van der Waals surface area contributed by atoms with Crippen molar-refractivity contribution >= 4 is 17.2 Å². The summed E-state index contributed by atoms with van der Waals surface area (Å²) in [5, 5.41) is 11.0. The molecule has 6 nitrogen and oxygen atoms in total. The molecule has 1 fully saturated rings. The minimum Gasteiger partial charge on any atom is -0.427 e. The molecule has 0 bridgehead atoms. The second-order valence-corrected chi connectivity index (χ2v) is 6.42. The predicted molar refractivity (Wildman–Crippen MR) is 95.4 cm³/mol. The summed E-state index contributed by atoms with van der Waals surface area (Å²) in [6.07, 6.45) is 1.05. The molecule has 0 aromatic heterocycles. The van der Waals surface area contributed by atoms with E-state index in [0.29, 0.717) is 37.2 Å². The van der Waals surface area contributed by atoms with Crippen LogP contribution in [-0.2, 0) is 0 Å². The van der Waals surface area contributed by atoms with Crippen LogP contribution in [0.2, 0.25) is 0 Å². The van der Waals surface area contributed by atoms with Crippen LogP contribution in [0.15, 0.2) is 42.5 Å². The number of nitro benzene ring substituents is 1. The molecule has 0 aliphatic carbocycles. The van der Waals surface area contributed by atoms with E-state index >= 15 is 0 Å². The zero-order chi connectivity index (χ0) is 20.3. The number of carbonyl (C=O) groups excluding carboxylic acids is 1. The van der Waals surface area contributed by atoms with Crippen LogP contribution in [-0.4, -0.2) is 30.4 Å². The monoisotopic (exact) mass is 394 g/mol. The number of nitro groups is 1. The highest BCUT2D eigenvalue weighted by molar-refractivity contribution is 5.98. The standard InChI is InChI=1S/C19H17F3N2O4/c20-14-3-1-12(2-4-14)18(25)13-7-9-23(10-8-13)15-5-6-16(24(26)27)17(11-15)28-19(21)22/h1-6,11,13,19H,7-10H2. The molecular weight excluding hydrogens is 377 g/mol. The highest BCUT2D eigenvalue weighted by Crippen LogP contribution is 2.34. The normalized spacial score (nSPS) is 14.9. The summed E-state index contributed by atoms with van der Waals surface area (Å²) < 4.78 is 42.4. The van der Waals surface area contributed by atoms with E-state index in [9.17, 15) is 28.1 Å². The average Bonchev–Trinajstić information content (AvgIpc) is 2.67. The Morgan fingerprint density at radius 2 is 1.79 bits per heavy atom. The van der Waals surface area contributed by atoms with Crippen LogP contribution >= 0.6 is 0 Å². The van der Waals surface area contributed by atoms with Crippen LogP contribution in [0.25, 0.3) is 0 Å². The second-order valence-electron chi connectivity index (χ2n) is 6.42. The first kappa shape index (κ1) is 19.7. The van der Waals surface area contributed by atoms with Crippen molar-refractivity contribution in [1.29, 1.82) is 0 Å². The number of halogens is 3. The van der Waals surface area contributed by atoms with Crippen molar-refractivity contribution in [3.8, 4) is 5.75 Å². The number of Topliss-reactive ketones (excluding diaryl/α,β-unsaturated/α-hetero) is 1. The molecule has 0 unspecified atom stereocenters. The fourth-order valence-corrected chi connectivity index (χ4v) is 3.29.